The lowest BCUT2D eigenvalue weighted by Gasteiger charge is -2.16. The highest BCUT2D eigenvalue weighted by molar-refractivity contribution is 6.27. The summed E-state index contributed by atoms with van der Waals surface area (Å²) in [5.41, 5.74) is 10.5. The number of hydrogen-bond acceptors (Lipinski definition) is 1. The summed E-state index contributed by atoms with van der Waals surface area (Å²) in [5, 5.41) is 11.0. The molecule has 0 amide bonds. The zero-order chi connectivity index (χ0) is 32.8. The van der Waals surface area contributed by atoms with Crippen LogP contribution >= 0.6 is 0 Å². The molecular formula is C47H29N3. The Balaban J connectivity index is 1.19. The second-order valence-electron chi connectivity index (χ2n) is 13.1. The molecule has 0 N–H and O–H groups in total. The summed E-state index contributed by atoms with van der Waals surface area (Å²) in [5.74, 6) is 0. The van der Waals surface area contributed by atoms with Crippen LogP contribution in [0.4, 0.5) is 0 Å². The summed E-state index contributed by atoms with van der Waals surface area (Å²) in [6.07, 6.45) is 1.92. The Labute approximate surface area is 287 Å². The number of hydrogen-bond donors (Lipinski definition) is 0. The van der Waals surface area contributed by atoms with E-state index in [4.69, 9.17) is 4.98 Å². The van der Waals surface area contributed by atoms with Crippen LogP contribution in [0, 0.1) is 0 Å². The van der Waals surface area contributed by atoms with Crippen LogP contribution in [-0.4, -0.2) is 14.1 Å². The number of fused-ring (bicyclic) bond motifs is 12. The fourth-order valence-electron chi connectivity index (χ4n) is 8.41. The molecule has 11 aromatic rings. The Morgan fingerprint density at radius 3 is 1.60 bits per heavy atom. The van der Waals surface area contributed by atoms with Gasteiger partial charge >= 0.3 is 0 Å². The van der Waals surface area contributed by atoms with E-state index in [2.05, 4.69) is 173 Å². The minimum atomic E-state index is 1.03. The molecule has 3 heterocycles. The number of para-hydroxylation sites is 3. The number of nitrogens with zero attached hydrogens (tertiary/aromatic N) is 3. The van der Waals surface area contributed by atoms with Gasteiger partial charge in [-0.1, -0.05) is 121 Å². The van der Waals surface area contributed by atoms with Crippen molar-refractivity contribution in [2.45, 2.75) is 0 Å². The number of rotatable bonds is 3. The molecule has 232 valence electrons. The van der Waals surface area contributed by atoms with Gasteiger partial charge in [-0.3, -0.25) is 4.98 Å². The van der Waals surface area contributed by atoms with Crippen molar-refractivity contribution < 1.29 is 0 Å². The quantitative estimate of drug-likeness (QED) is 0.177. The Bertz CT molecular complexity index is 3060. The summed E-state index contributed by atoms with van der Waals surface area (Å²) in [4.78, 5) is 5.02. The molecule has 50 heavy (non-hydrogen) atoms. The van der Waals surface area contributed by atoms with Crippen molar-refractivity contribution in [1.29, 1.82) is 0 Å². The second-order valence-corrected chi connectivity index (χ2v) is 13.1. The molecule has 0 atom stereocenters. The van der Waals surface area contributed by atoms with Crippen LogP contribution < -0.4 is 0 Å². The lowest BCUT2D eigenvalue weighted by atomic mass is 9.96. The Morgan fingerprint density at radius 1 is 0.340 bits per heavy atom. The lowest BCUT2D eigenvalue weighted by molar-refractivity contribution is 1.18. The van der Waals surface area contributed by atoms with Crippen molar-refractivity contribution in [3.63, 3.8) is 0 Å². The number of pyridine rings is 1. The van der Waals surface area contributed by atoms with Gasteiger partial charge in [0.25, 0.3) is 0 Å². The fraction of sp³-hybridized carbons (Fsp3) is 0. The third-order valence-electron chi connectivity index (χ3n) is 10.5. The number of aromatic nitrogens is 3. The van der Waals surface area contributed by atoms with Crippen LogP contribution in [0.1, 0.15) is 0 Å². The molecule has 0 aliphatic rings. The third-order valence-corrected chi connectivity index (χ3v) is 10.5. The summed E-state index contributed by atoms with van der Waals surface area (Å²) < 4.78 is 4.85. The van der Waals surface area contributed by atoms with Crippen LogP contribution in [0.3, 0.4) is 0 Å². The van der Waals surface area contributed by atoms with Gasteiger partial charge in [-0.25, -0.2) is 0 Å². The van der Waals surface area contributed by atoms with Gasteiger partial charge in [-0.2, -0.15) is 0 Å². The van der Waals surface area contributed by atoms with Crippen molar-refractivity contribution >= 4 is 76.1 Å². The van der Waals surface area contributed by atoms with E-state index in [1.165, 1.54) is 81.7 Å². The van der Waals surface area contributed by atoms with Crippen molar-refractivity contribution in [3.05, 3.63) is 176 Å². The van der Waals surface area contributed by atoms with E-state index < -0.39 is 0 Å². The average Bonchev–Trinajstić information content (AvgIpc) is 3.70. The van der Waals surface area contributed by atoms with E-state index in [0.29, 0.717) is 0 Å². The fourth-order valence-corrected chi connectivity index (χ4v) is 8.41. The maximum absolute atomic E-state index is 5.02. The molecule has 3 heteroatoms. The van der Waals surface area contributed by atoms with E-state index >= 15 is 0 Å². The first-order valence-corrected chi connectivity index (χ1v) is 17.1. The van der Waals surface area contributed by atoms with E-state index in [1.54, 1.807) is 0 Å². The van der Waals surface area contributed by atoms with Crippen molar-refractivity contribution in [3.8, 4) is 22.5 Å². The predicted molar refractivity (Wildman–Crippen MR) is 211 cm³/mol. The maximum Gasteiger partial charge on any atom is 0.0807 e. The maximum atomic E-state index is 5.02. The molecule has 3 nitrogen and oxygen atoms in total. The molecule has 0 unspecified atom stereocenters. The van der Waals surface area contributed by atoms with E-state index in [1.807, 2.05) is 12.3 Å². The highest BCUT2D eigenvalue weighted by Gasteiger charge is 2.19. The zero-order valence-electron chi connectivity index (χ0n) is 27.1. The Kier molecular flexibility index (Phi) is 5.67. The van der Waals surface area contributed by atoms with E-state index in [0.717, 1.165) is 16.9 Å². The zero-order valence-corrected chi connectivity index (χ0v) is 27.1. The molecule has 0 bridgehead atoms. The predicted octanol–water partition coefficient (Wildman–Crippen LogP) is 12.4. The molecule has 11 rings (SSSR count). The van der Waals surface area contributed by atoms with Crippen LogP contribution in [0.25, 0.3) is 98.6 Å². The van der Waals surface area contributed by atoms with Gasteiger partial charge in [0.05, 0.1) is 33.3 Å². The van der Waals surface area contributed by atoms with Crippen molar-refractivity contribution in [2.24, 2.45) is 0 Å². The SMILES string of the molecule is c1cc(-c2ccc3c4ccccc4n(-c4cccc5c6ccccc6c6cccnc6c45)c3c2)cc(-n2c3ccccc3c3ccccc32)c1. The first-order chi connectivity index (χ1) is 24.8. The van der Waals surface area contributed by atoms with Crippen LogP contribution in [0.2, 0.25) is 0 Å². The molecule has 0 spiro atoms. The van der Waals surface area contributed by atoms with Gasteiger partial charge in [-0.05, 0) is 75.8 Å². The Morgan fingerprint density at radius 2 is 0.880 bits per heavy atom. The first kappa shape index (κ1) is 27.3. The second kappa shape index (κ2) is 10.4. The molecule has 0 saturated heterocycles. The summed E-state index contributed by atoms with van der Waals surface area (Å²) in [6, 6.07) is 61.7. The summed E-state index contributed by atoms with van der Waals surface area (Å²) in [6.45, 7) is 0. The minimum absolute atomic E-state index is 1.03. The Hall–Kier alpha value is -6.71. The monoisotopic (exact) mass is 635 g/mol. The average molecular weight is 636 g/mol. The molecule has 0 aliphatic carbocycles. The van der Waals surface area contributed by atoms with Gasteiger partial charge in [0.1, 0.15) is 0 Å². The topological polar surface area (TPSA) is 22.8 Å². The molecule has 0 radical (unpaired) electrons. The normalized spacial score (nSPS) is 12.0. The van der Waals surface area contributed by atoms with Crippen LogP contribution in [-0.2, 0) is 0 Å². The smallest absolute Gasteiger partial charge is 0.0807 e. The molecular weight excluding hydrogens is 607 g/mol. The van der Waals surface area contributed by atoms with Gasteiger partial charge < -0.3 is 9.13 Å². The van der Waals surface area contributed by atoms with Crippen LogP contribution in [0.15, 0.2) is 176 Å². The van der Waals surface area contributed by atoms with E-state index in [-0.39, 0.29) is 0 Å². The van der Waals surface area contributed by atoms with Crippen molar-refractivity contribution in [2.75, 3.05) is 0 Å². The van der Waals surface area contributed by atoms with Gasteiger partial charge in [0.2, 0.25) is 0 Å². The largest absolute Gasteiger partial charge is 0.309 e. The van der Waals surface area contributed by atoms with Gasteiger partial charge in [0.15, 0.2) is 0 Å². The standard InChI is InChI=1S/C47H29N3/c1-2-15-34-33(14-1)39-19-10-24-44(46(39)47-40(34)20-11-27-48-47)50-43-23-8-5-18-37(43)38-26-25-31(29-45(38)50)30-12-9-13-32(28-30)49-41-21-6-3-16-35(41)36-17-4-7-22-42(36)49/h1-29H. The molecule has 0 fully saturated rings. The first-order valence-electron chi connectivity index (χ1n) is 17.1. The highest BCUT2D eigenvalue weighted by Crippen LogP contribution is 2.41. The lowest BCUT2D eigenvalue weighted by Crippen LogP contribution is -1.97. The summed E-state index contributed by atoms with van der Waals surface area (Å²) in [7, 11) is 0. The summed E-state index contributed by atoms with van der Waals surface area (Å²) >= 11 is 0. The molecule has 0 saturated carbocycles. The molecule has 0 aliphatic heterocycles. The molecule has 3 aromatic heterocycles. The number of benzene rings is 8. The molecule has 8 aromatic carbocycles. The minimum Gasteiger partial charge on any atom is -0.309 e. The third kappa shape index (κ3) is 3.77. The van der Waals surface area contributed by atoms with Crippen molar-refractivity contribution in [1.82, 2.24) is 14.1 Å². The van der Waals surface area contributed by atoms with Gasteiger partial charge in [0, 0.05) is 44.2 Å². The van der Waals surface area contributed by atoms with E-state index in [9.17, 15) is 0 Å². The van der Waals surface area contributed by atoms with Crippen LogP contribution in [0.5, 0.6) is 0 Å². The highest BCUT2D eigenvalue weighted by atomic mass is 15.0. The van der Waals surface area contributed by atoms with Gasteiger partial charge in [-0.15, -0.1) is 0 Å².